The second-order valence-corrected chi connectivity index (χ2v) is 10.9. The molecule has 1 heterocycles. The highest BCUT2D eigenvalue weighted by atomic mass is 32.2. The molecule has 220 valence electrons. The van der Waals surface area contributed by atoms with Crippen molar-refractivity contribution in [3.8, 4) is 0 Å². The smallest absolute Gasteiger partial charge is 0.478 e. The first kappa shape index (κ1) is 32.4. The Kier molecular flexibility index (Phi) is 10.9. The lowest BCUT2D eigenvalue weighted by molar-refractivity contribution is -0.192. The molecule has 0 aromatic heterocycles. The highest BCUT2D eigenvalue weighted by Gasteiger charge is 2.38. The number of rotatable bonds is 8. The number of carbonyl (C=O) groups excluding carboxylic acids is 1. The van der Waals surface area contributed by atoms with Gasteiger partial charge in [-0.25, -0.2) is 18.0 Å². The Morgan fingerprint density at radius 3 is 2.10 bits per heavy atom. The number of nitrogens with one attached hydrogen (secondary N) is 2. The van der Waals surface area contributed by atoms with Gasteiger partial charge in [-0.2, -0.15) is 13.2 Å². The van der Waals surface area contributed by atoms with E-state index >= 15 is 0 Å². The number of alkyl halides is 3. The molecule has 0 bridgehead atoms. The first-order valence-electron chi connectivity index (χ1n) is 12.0. The van der Waals surface area contributed by atoms with Crippen LogP contribution in [0.3, 0.4) is 0 Å². The molecule has 4 N–H and O–H groups in total. The van der Waals surface area contributed by atoms with E-state index in [-0.39, 0.29) is 28.1 Å². The first-order valence-corrected chi connectivity index (χ1v) is 13.5. The zero-order chi connectivity index (χ0) is 30.3. The lowest BCUT2D eigenvalue weighted by Gasteiger charge is -2.36. The van der Waals surface area contributed by atoms with Crippen molar-refractivity contribution in [3.63, 3.8) is 0 Å². The minimum atomic E-state index is -5.08. The van der Waals surface area contributed by atoms with Crippen LogP contribution in [-0.2, 0) is 19.6 Å². The van der Waals surface area contributed by atoms with E-state index in [0.717, 1.165) is 5.56 Å². The normalized spacial score (nSPS) is 14.2. The number of carboxylic acids is 2. The molecule has 2 aromatic carbocycles. The van der Waals surface area contributed by atoms with Crippen LogP contribution in [0.15, 0.2) is 47.4 Å². The summed E-state index contributed by atoms with van der Waals surface area (Å²) in [5.41, 5.74) is 1.60. The second-order valence-electron chi connectivity index (χ2n) is 9.25. The molecule has 0 spiro atoms. The Morgan fingerprint density at radius 2 is 1.60 bits per heavy atom. The van der Waals surface area contributed by atoms with Gasteiger partial charge in [0.25, 0.3) is 10.0 Å². The maximum atomic E-state index is 13.0. The number of aliphatic carboxylic acids is 1. The van der Waals surface area contributed by atoms with Crippen molar-refractivity contribution in [2.45, 2.75) is 37.9 Å². The zero-order valence-electron chi connectivity index (χ0n) is 22.0. The van der Waals surface area contributed by atoms with Crippen LogP contribution in [0.5, 0.6) is 0 Å². The summed E-state index contributed by atoms with van der Waals surface area (Å²) in [5, 5.41) is 19.4. The molecular weight excluding hydrogens is 557 g/mol. The molecule has 15 heteroatoms. The van der Waals surface area contributed by atoms with E-state index in [0.29, 0.717) is 38.4 Å². The van der Waals surface area contributed by atoms with E-state index < -0.39 is 28.1 Å². The lowest BCUT2D eigenvalue weighted by Crippen LogP contribution is -2.50. The molecule has 0 unspecified atom stereocenters. The van der Waals surface area contributed by atoms with E-state index in [9.17, 15) is 36.3 Å². The number of carbonyl (C=O) groups is 3. The summed E-state index contributed by atoms with van der Waals surface area (Å²) in [7, 11) is -3.91. The van der Waals surface area contributed by atoms with E-state index in [4.69, 9.17) is 9.90 Å². The highest BCUT2D eigenvalue weighted by molar-refractivity contribution is 7.92. The van der Waals surface area contributed by atoms with Crippen molar-refractivity contribution in [1.29, 1.82) is 0 Å². The largest absolute Gasteiger partial charge is 0.490 e. The zero-order valence-corrected chi connectivity index (χ0v) is 22.8. The number of sulfonamides is 1. The van der Waals surface area contributed by atoms with Gasteiger partial charge in [-0.05, 0) is 56.7 Å². The van der Waals surface area contributed by atoms with Crippen molar-refractivity contribution in [2.24, 2.45) is 0 Å². The molecule has 0 radical (unpaired) electrons. The third kappa shape index (κ3) is 9.72. The van der Waals surface area contributed by atoms with Gasteiger partial charge in [-0.3, -0.25) is 14.4 Å². The molecule has 0 saturated carbocycles. The van der Waals surface area contributed by atoms with Crippen LogP contribution in [0.2, 0.25) is 0 Å². The maximum Gasteiger partial charge on any atom is 0.490 e. The van der Waals surface area contributed by atoms with Crippen LogP contribution in [0.1, 0.15) is 29.8 Å². The molecule has 0 atom stereocenters. The van der Waals surface area contributed by atoms with Crippen LogP contribution >= 0.6 is 0 Å². The molecule has 1 aliphatic heterocycles. The predicted molar refractivity (Wildman–Crippen MR) is 141 cm³/mol. The Labute approximate surface area is 229 Å². The SMILES string of the molecule is Cc1cccc(S(=O)(=O)Nc2cc(C(=O)O)ccc2N2CCN(CC(=O)NC(C)C)CC2)c1.O=C(O)C(F)(F)F. The van der Waals surface area contributed by atoms with Crippen LogP contribution in [-0.4, -0.2) is 86.3 Å². The number of aromatic carboxylic acids is 1. The van der Waals surface area contributed by atoms with Gasteiger partial charge in [-0.15, -0.1) is 0 Å². The van der Waals surface area contributed by atoms with E-state index in [1.165, 1.54) is 18.2 Å². The molecule has 11 nitrogen and oxygen atoms in total. The topological polar surface area (TPSA) is 156 Å². The van der Waals surface area contributed by atoms with Gasteiger partial charge in [0.15, 0.2) is 0 Å². The van der Waals surface area contributed by atoms with Gasteiger partial charge in [-0.1, -0.05) is 12.1 Å². The van der Waals surface area contributed by atoms with Gasteiger partial charge in [0.2, 0.25) is 5.91 Å². The number of halogens is 3. The van der Waals surface area contributed by atoms with E-state index in [1.807, 2.05) is 23.6 Å². The highest BCUT2D eigenvalue weighted by Crippen LogP contribution is 2.30. The molecular formula is C25H31F3N4O7S. The molecule has 3 rings (SSSR count). The number of aryl methyl sites for hydroxylation is 1. The minimum absolute atomic E-state index is 0.00955. The third-order valence-corrected chi connectivity index (χ3v) is 6.92. The quantitative estimate of drug-likeness (QED) is 0.364. The van der Waals surface area contributed by atoms with E-state index in [2.05, 4.69) is 10.0 Å². The van der Waals surface area contributed by atoms with Crippen molar-refractivity contribution in [2.75, 3.05) is 42.3 Å². The van der Waals surface area contributed by atoms with Gasteiger partial charge in [0, 0.05) is 32.2 Å². The van der Waals surface area contributed by atoms with Crippen LogP contribution in [0.25, 0.3) is 0 Å². The molecule has 1 fully saturated rings. The minimum Gasteiger partial charge on any atom is -0.478 e. The van der Waals surface area contributed by atoms with Crippen LogP contribution in [0, 0.1) is 6.92 Å². The van der Waals surface area contributed by atoms with Gasteiger partial charge in [0.05, 0.1) is 28.4 Å². The fourth-order valence-electron chi connectivity index (χ4n) is 3.73. The average molecular weight is 589 g/mol. The summed E-state index contributed by atoms with van der Waals surface area (Å²) in [5.74, 6) is -3.93. The molecule has 0 aliphatic carbocycles. The number of nitrogens with zero attached hydrogens (tertiary/aromatic N) is 2. The van der Waals surface area contributed by atoms with Crippen molar-refractivity contribution in [3.05, 3.63) is 53.6 Å². The summed E-state index contributed by atoms with van der Waals surface area (Å²) in [6.45, 7) is 8.31. The van der Waals surface area contributed by atoms with Crippen molar-refractivity contribution < 1.29 is 46.2 Å². The number of anilines is 2. The average Bonchev–Trinajstić information content (AvgIpc) is 2.83. The Morgan fingerprint density at radius 1 is 1.00 bits per heavy atom. The van der Waals surface area contributed by atoms with Gasteiger partial charge >= 0.3 is 18.1 Å². The molecule has 40 heavy (non-hydrogen) atoms. The van der Waals surface area contributed by atoms with Crippen molar-refractivity contribution in [1.82, 2.24) is 10.2 Å². The number of amides is 1. The number of carboxylic acid groups (broad SMARTS) is 2. The number of piperazine rings is 1. The second kappa shape index (κ2) is 13.5. The predicted octanol–water partition coefficient (Wildman–Crippen LogP) is 2.77. The first-order chi connectivity index (χ1) is 18.5. The van der Waals surface area contributed by atoms with Crippen LogP contribution in [0.4, 0.5) is 24.5 Å². The summed E-state index contributed by atoms with van der Waals surface area (Å²) in [4.78, 5) is 36.6. The van der Waals surface area contributed by atoms with Crippen molar-refractivity contribution >= 4 is 39.2 Å². The number of hydrogen-bond donors (Lipinski definition) is 4. The monoisotopic (exact) mass is 588 g/mol. The lowest BCUT2D eigenvalue weighted by atomic mass is 10.1. The Balaban J connectivity index is 0.000000708. The molecule has 1 amide bonds. The summed E-state index contributed by atoms with van der Waals surface area (Å²) < 4.78 is 60.3. The maximum absolute atomic E-state index is 13.0. The Bertz CT molecular complexity index is 1330. The third-order valence-electron chi connectivity index (χ3n) is 5.56. The molecule has 1 aliphatic rings. The Hall–Kier alpha value is -3.85. The van der Waals surface area contributed by atoms with Gasteiger partial charge < -0.3 is 20.4 Å². The number of benzene rings is 2. The fraction of sp³-hybridized carbons (Fsp3) is 0.400. The standard InChI is InChI=1S/C23H30N4O5S.C2HF3O2/c1-16(2)24-22(28)15-26-9-11-27(12-10-26)21-8-7-18(23(29)30)14-20(21)25-33(31,32)19-6-4-5-17(3)13-19;3-2(4,5)1(6)7/h4-8,13-14,16,25H,9-12,15H2,1-3H3,(H,24,28)(H,29,30);(H,6,7). The number of hydrogen-bond acceptors (Lipinski definition) is 7. The van der Waals surface area contributed by atoms with E-state index in [1.54, 1.807) is 31.2 Å². The summed E-state index contributed by atoms with van der Waals surface area (Å²) in [6, 6.07) is 11.0. The van der Waals surface area contributed by atoms with Gasteiger partial charge in [0.1, 0.15) is 0 Å². The molecule has 1 saturated heterocycles. The van der Waals surface area contributed by atoms with Crippen LogP contribution < -0.4 is 14.9 Å². The summed E-state index contributed by atoms with van der Waals surface area (Å²) in [6.07, 6.45) is -5.08. The fourth-order valence-corrected chi connectivity index (χ4v) is 4.90. The molecule has 2 aromatic rings. The summed E-state index contributed by atoms with van der Waals surface area (Å²) >= 11 is 0.